The molecule has 1 aliphatic rings. The maximum atomic E-state index is 13.1. The second kappa shape index (κ2) is 8.87. The minimum absolute atomic E-state index is 0.125. The number of piperidine rings is 1. The quantitative estimate of drug-likeness (QED) is 0.582. The summed E-state index contributed by atoms with van der Waals surface area (Å²) in [5.41, 5.74) is 16.3. The number of anilines is 3. The highest BCUT2D eigenvalue weighted by Gasteiger charge is 2.21. The highest BCUT2D eigenvalue weighted by molar-refractivity contribution is 6.09. The standard InChI is InChI=1S/C23H29N7O/c1-29(2)13-15-5-6-16-11-18(25)22(27-19(16)10-15)23(31)28-20-12-26-8-7-21(20)30-9-3-4-17(24)14-30/h5-8,10-12,17H,3-4,9,13-14,24-25H2,1-2H3,(H,28,31)/t17-/m0/s1. The number of fused-ring (bicyclic) bond motifs is 1. The van der Waals surface area contributed by atoms with Crippen LogP contribution in [0.3, 0.4) is 0 Å². The van der Waals surface area contributed by atoms with Gasteiger partial charge in [0.2, 0.25) is 0 Å². The van der Waals surface area contributed by atoms with E-state index in [1.165, 1.54) is 0 Å². The van der Waals surface area contributed by atoms with E-state index in [-0.39, 0.29) is 17.6 Å². The minimum atomic E-state index is -0.354. The van der Waals surface area contributed by atoms with Gasteiger partial charge >= 0.3 is 0 Å². The lowest BCUT2D eigenvalue weighted by atomic mass is 10.1. The monoisotopic (exact) mass is 419 g/mol. The number of nitrogens with two attached hydrogens (primary N) is 2. The molecule has 8 heteroatoms. The van der Waals surface area contributed by atoms with E-state index in [4.69, 9.17) is 11.5 Å². The van der Waals surface area contributed by atoms with Crippen molar-refractivity contribution < 1.29 is 4.79 Å². The predicted octanol–water partition coefficient (Wildman–Crippen LogP) is 2.45. The Kier molecular flexibility index (Phi) is 6.01. The Balaban J connectivity index is 1.62. The van der Waals surface area contributed by atoms with Crippen LogP contribution >= 0.6 is 0 Å². The molecule has 0 radical (unpaired) electrons. The van der Waals surface area contributed by atoms with Crippen molar-refractivity contribution in [1.82, 2.24) is 14.9 Å². The number of benzene rings is 1. The van der Waals surface area contributed by atoms with Gasteiger partial charge in [0.15, 0.2) is 5.69 Å². The smallest absolute Gasteiger partial charge is 0.276 e. The van der Waals surface area contributed by atoms with Crippen molar-refractivity contribution in [2.24, 2.45) is 5.73 Å². The third-order valence-electron chi connectivity index (χ3n) is 5.47. The number of rotatable bonds is 5. The van der Waals surface area contributed by atoms with E-state index in [0.29, 0.717) is 11.4 Å². The zero-order valence-electron chi connectivity index (χ0n) is 18.0. The van der Waals surface area contributed by atoms with Crippen LogP contribution in [0.2, 0.25) is 0 Å². The molecule has 1 amide bonds. The van der Waals surface area contributed by atoms with E-state index >= 15 is 0 Å². The van der Waals surface area contributed by atoms with Gasteiger partial charge in [-0.1, -0.05) is 12.1 Å². The average Bonchev–Trinajstić information content (AvgIpc) is 2.73. The highest BCUT2D eigenvalue weighted by Crippen LogP contribution is 2.28. The van der Waals surface area contributed by atoms with E-state index in [1.54, 1.807) is 18.5 Å². The number of aromatic nitrogens is 2. The summed E-state index contributed by atoms with van der Waals surface area (Å²) in [4.78, 5) is 26.2. The van der Waals surface area contributed by atoms with Crippen LogP contribution in [0.15, 0.2) is 42.7 Å². The number of nitrogens with one attached hydrogen (secondary N) is 1. The molecule has 1 aromatic carbocycles. The number of nitrogen functional groups attached to an aromatic ring is 1. The van der Waals surface area contributed by atoms with Crippen molar-refractivity contribution in [3.05, 3.63) is 54.0 Å². The van der Waals surface area contributed by atoms with Crippen LogP contribution in [0.1, 0.15) is 28.9 Å². The molecule has 1 atom stereocenters. The Morgan fingerprint density at radius 3 is 2.90 bits per heavy atom. The van der Waals surface area contributed by atoms with E-state index in [2.05, 4.69) is 31.2 Å². The molecule has 0 saturated carbocycles. The number of hydrogen-bond donors (Lipinski definition) is 3. The first-order valence-corrected chi connectivity index (χ1v) is 10.5. The Labute approximate surface area is 182 Å². The number of hydrogen-bond acceptors (Lipinski definition) is 7. The molecule has 5 N–H and O–H groups in total. The Morgan fingerprint density at radius 2 is 2.13 bits per heavy atom. The Bertz CT molecular complexity index is 1100. The van der Waals surface area contributed by atoms with Gasteiger partial charge < -0.3 is 26.6 Å². The summed E-state index contributed by atoms with van der Waals surface area (Å²) in [6, 6.07) is 9.85. The largest absolute Gasteiger partial charge is 0.397 e. The maximum absolute atomic E-state index is 13.1. The Morgan fingerprint density at radius 1 is 1.29 bits per heavy atom. The third-order valence-corrected chi connectivity index (χ3v) is 5.47. The molecule has 0 bridgehead atoms. The molecule has 8 nitrogen and oxygen atoms in total. The van der Waals surface area contributed by atoms with Gasteiger partial charge in [0.25, 0.3) is 5.91 Å². The first kappa shape index (κ1) is 21.0. The molecular formula is C23H29N7O. The minimum Gasteiger partial charge on any atom is -0.397 e. The van der Waals surface area contributed by atoms with Crippen molar-refractivity contribution in [2.75, 3.05) is 43.1 Å². The second-order valence-electron chi connectivity index (χ2n) is 8.39. The molecule has 3 aromatic rings. The van der Waals surface area contributed by atoms with Crippen molar-refractivity contribution in [3.8, 4) is 0 Å². The summed E-state index contributed by atoms with van der Waals surface area (Å²) in [6.07, 6.45) is 5.40. The van der Waals surface area contributed by atoms with Crippen molar-refractivity contribution in [2.45, 2.75) is 25.4 Å². The van der Waals surface area contributed by atoms with Gasteiger partial charge in [0, 0.05) is 37.3 Å². The molecule has 0 aliphatic carbocycles. The molecule has 0 spiro atoms. The molecule has 4 rings (SSSR count). The fraction of sp³-hybridized carbons (Fsp3) is 0.348. The fourth-order valence-corrected chi connectivity index (χ4v) is 4.04. The number of pyridine rings is 2. The molecular weight excluding hydrogens is 390 g/mol. The van der Waals surface area contributed by atoms with Gasteiger partial charge in [0.1, 0.15) is 0 Å². The SMILES string of the molecule is CN(C)Cc1ccc2cc(N)c(C(=O)Nc3cnccc3N3CCC[C@H](N)C3)nc2c1. The van der Waals surface area contributed by atoms with Gasteiger partial charge in [-0.2, -0.15) is 0 Å². The zero-order chi connectivity index (χ0) is 22.0. The molecule has 1 fully saturated rings. The van der Waals surface area contributed by atoms with E-state index in [9.17, 15) is 4.79 Å². The molecule has 2 aromatic heterocycles. The van der Waals surface area contributed by atoms with Crippen molar-refractivity contribution >= 4 is 33.9 Å². The van der Waals surface area contributed by atoms with Crippen LogP contribution in [-0.2, 0) is 6.54 Å². The summed E-state index contributed by atoms with van der Waals surface area (Å²) < 4.78 is 0. The first-order valence-electron chi connectivity index (χ1n) is 10.5. The summed E-state index contributed by atoms with van der Waals surface area (Å²) >= 11 is 0. The summed E-state index contributed by atoms with van der Waals surface area (Å²) in [5, 5.41) is 3.86. The topological polar surface area (TPSA) is 113 Å². The summed E-state index contributed by atoms with van der Waals surface area (Å²) in [7, 11) is 4.03. The zero-order valence-corrected chi connectivity index (χ0v) is 18.0. The van der Waals surface area contributed by atoms with Crippen LogP contribution in [0.25, 0.3) is 10.9 Å². The molecule has 1 aliphatic heterocycles. The van der Waals surface area contributed by atoms with Crippen LogP contribution in [0.4, 0.5) is 17.1 Å². The van der Waals surface area contributed by atoms with Crippen LogP contribution in [0, 0.1) is 0 Å². The Hall–Kier alpha value is -3.23. The lowest BCUT2D eigenvalue weighted by Crippen LogP contribution is -2.43. The van der Waals surface area contributed by atoms with Crippen LogP contribution < -0.4 is 21.7 Å². The van der Waals surface area contributed by atoms with Gasteiger partial charge in [-0.05, 0) is 50.7 Å². The number of amides is 1. The van der Waals surface area contributed by atoms with E-state index < -0.39 is 0 Å². The maximum Gasteiger partial charge on any atom is 0.276 e. The molecule has 162 valence electrons. The molecule has 31 heavy (non-hydrogen) atoms. The first-order chi connectivity index (χ1) is 14.9. The van der Waals surface area contributed by atoms with E-state index in [0.717, 1.165) is 54.6 Å². The number of carbonyl (C=O) groups is 1. The lowest BCUT2D eigenvalue weighted by Gasteiger charge is -2.33. The number of carbonyl (C=O) groups excluding carboxylic acids is 1. The third kappa shape index (κ3) is 4.76. The summed E-state index contributed by atoms with van der Waals surface area (Å²) in [5.74, 6) is -0.354. The highest BCUT2D eigenvalue weighted by atomic mass is 16.1. The van der Waals surface area contributed by atoms with Gasteiger partial charge in [0.05, 0.1) is 28.8 Å². The number of nitrogens with zero attached hydrogens (tertiary/aromatic N) is 4. The lowest BCUT2D eigenvalue weighted by molar-refractivity contribution is 0.102. The van der Waals surface area contributed by atoms with Crippen LogP contribution in [-0.4, -0.2) is 54.0 Å². The normalized spacial score (nSPS) is 16.6. The molecule has 3 heterocycles. The van der Waals surface area contributed by atoms with Crippen molar-refractivity contribution in [1.29, 1.82) is 0 Å². The van der Waals surface area contributed by atoms with Gasteiger partial charge in [-0.25, -0.2) is 4.98 Å². The van der Waals surface area contributed by atoms with Gasteiger partial charge in [-0.3, -0.25) is 9.78 Å². The van der Waals surface area contributed by atoms with Crippen LogP contribution in [0.5, 0.6) is 0 Å². The fourth-order valence-electron chi connectivity index (χ4n) is 4.04. The van der Waals surface area contributed by atoms with Crippen molar-refractivity contribution in [3.63, 3.8) is 0 Å². The second-order valence-corrected chi connectivity index (χ2v) is 8.39. The summed E-state index contributed by atoms with van der Waals surface area (Å²) in [6.45, 7) is 2.43. The molecule has 1 saturated heterocycles. The van der Waals surface area contributed by atoms with E-state index in [1.807, 2.05) is 32.3 Å². The predicted molar refractivity (Wildman–Crippen MR) is 125 cm³/mol. The average molecular weight is 420 g/mol. The molecule has 0 unspecified atom stereocenters. The van der Waals surface area contributed by atoms with Gasteiger partial charge in [-0.15, -0.1) is 0 Å².